The molecule has 0 saturated heterocycles. The van der Waals surface area contributed by atoms with Gasteiger partial charge in [-0.2, -0.15) is 0 Å². The summed E-state index contributed by atoms with van der Waals surface area (Å²) < 4.78 is 9.12. The first-order valence-electron chi connectivity index (χ1n) is 18.7. The van der Waals surface area contributed by atoms with E-state index in [-0.39, 0.29) is 0 Å². The van der Waals surface area contributed by atoms with Gasteiger partial charge in [-0.25, -0.2) is 0 Å². The van der Waals surface area contributed by atoms with E-state index in [0.29, 0.717) is 0 Å². The van der Waals surface area contributed by atoms with Gasteiger partial charge in [0.2, 0.25) is 0 Å². The lowest BCUT2D eigenvalue weighted by atomic mass is 9.90. The minimum atomic E-state index is 0.862. The fourth-order valence-corrected chi connectivity index (χ4v) is 9.66. The van der Waals surface area contributed by atoms with Crippen LogP contribution in [0.1, 0.15) is 0 Å². The third kappa shape index (κ3) is 5.16. The first kappa shape index (κ1) is 31.6. The molecule has 3 heteroatoms. The van der Waals surface area contributed by atoms with Crippen LogP contribution < -0.4 is 4.90 Å². The molecule has 0 unspecified atom stereocenters. The topological polar surface area (TPSA) is 16.4 Å². The fraction of sp³-hybridized carbons (Fsp3) is 0. The summed E-state index contributed by atoms with van der Waals surface area (Å²) in [6, 6.07) is 72.2. The van der Waals surface area contributed by atoms with Crippen LogP contribution in [0.5, 0.6) is 0 Å². The van der Waals surface area contributed by atoms with Crippen LogP contribution in [0.2, 0.25) is 0 Å². The van der Waals surface area contributed by atoms with E-state index in [2.05, 4.69) is 193 Å². The number of para-hydroxylation sites is 3. The lowest BCUT2D eigenvalue weighted by Gasteiger charge is -2.30. The van der Waals surface area contributed by atoms with Crippen molar-refractivity contribution >= 4 is 81.3 Å². The number of rotatable bonds is 6. The average Bonchev–Trinajstić information content (AvgIpc) is 3.82. The number of benzene rings is 9. The summed E-state index contributed by atoms with van der Waals surface area (Å²) in [4.78, 5) is 2.43. The van der Waals surface area contributed by atoms with Gasteiger partial charge in [0.25, 0.3) is 0 Å². The highest BCUT2D eigenvalue weighted by Crippen LogP contribution is 2.49. The monoisotopic (exact) mass is 719 g/mol. The van der Waals surface area contributed by atoms with Crippen molar-refractivity contribution in [2.24, 2.45) is 0 Å². The molecular formula is C52H33NOS. The first-order valence-corrected chi connectivity index (χ1v) is 19.5. The normalized spacial score (nSPS) is 11.6. The average molecular weight is 720 g/mol. The Bertz CT molecular complexity index is 3240. The maximum Gasteiger partial charge on any atom is 0.137 e. The molecule has 2 nitrogen and oxygen atoms in total. The molecule has 0 aliphatic carbocycles. The second-order valence-corrected chi connectivity index (χ2v) is 15.1. The highest BCUT2D eigenvalue weighted by atomic mass is 32.1. The quantitative estimate of drug-likeness (QED) is 0.170. The third-order valence-electron chi connectivity index (χ3n) is 10.9. The van der Waals surface area contributed by atoms with Gasteiger partial charge < -0.3 is 9.32 Å². The van der Waals surface area contributed by atoms with Crippen LogP contribution in [0.25, 0.3) is 86.3 Å². The second kappa shape index (κ2) is 12.9. The van der Waals surface area contributed by atoms with Crippen molar-refractivity contribution in [2.45, 2.75) is 0 Å². The smallest absolute Gasteiger partial charge is 0.137 e. The number of hydrogen-bond acceptors (Lipinski definition) is 3. The Morgan fingerprint density at radius 2 is 0.873 bits per heavy atom. The summed E-state index contributed by atoms with van der Waals surface area (Å²) in [6.45, 7) is 0. The van der Waals surface area contributed by atoms with Crippen molar-refractivity contribution in [3.63, 3.8) is 0 Å². The fourth-order valence-electron chi connectivity index (χ4n) is 8.43. The molecule has 55 heavy (non-hydrogen) atoms. The van der Waals surface area contributed by atoms with Crippen molar-refractivity contribution < 1.29 is 4.42 Å². The lowest BCUT2D eigenvalue weighted by molar-refractivity contribution is 0.669. The van der Waals surface area contributed by atoms with E-state index in [9.17, 15) is 0 Å². The van der Waals surface area contributed by atoms with E-state index in [1.54, 1.807) is 0 Å². The molecule has 0 atom stereocenters. The molecule has 258 valence electrons. The largest absolute Gasteiger partial charge is 0.456 e. The van der Waals surface area contributed by atoms with Crippen LogP contribution in [0.4, 0.5) is 17.1 Å². The highest BCUT2D eigenvalue weighted by Gasteiger charge is 2.24. The maximum atomic E-state index is 6.53. The number of fused-ring (bicyclic) bond motifs is 7. The standard InChI is InChI=1S/C52H33NOS/c1-2-17-36-34(15-1)16-13-24-37(36)38-18-3-4-19-39(38)40-20-5-9-27-47(40)53(35-31-32-43-42-22-7-11-29-49(42)54-50(43)33-35)48-28-10-6-21-41(48)45-25-14-26-46-44-23-8-12-30-51(44)55-52(45)46/h1-33H. The minimum absolute atomic E-state index is 0.862. The first-order chi connectivity index (χ1) is 27.3. The minimum Gasteiger partial charge on any atom is -0.456 e. The summed E-state index contributed by atoms with van der Waals surface area (Å²) in [5.74, 6) is 0. The van der Waals surface area contributed by atoms with E-state index in [1.165, 1.54) is 58.8 Å². The third-order valence-corrected chi connectivity index (χ3v) is 12.1. The predicted octanol–water partition coefficient (Wildman–Crippen LogP) is 15.6. The molecule has 0 amide bonds. The Hall–Kier alpha value is -6.94. The lowest BCUT2D eigenvalue weighted by Crippen LogP contribution is -2.12. The summed E-state index contributed by atoms with van der Waals surface area (Å²) in [6.07, 6.45) is 0. The predicted molar refractivity (Wildman–Crippen MR) is 235 cm³/mol. The van der Waals surface area contributed by atoms with Crippen molar-refractivity contribution in [2.75, 3.05) is 4.90 Å². The second-order valence-electron chi connectivity index (χ2n) is 14.0. The molecule has 0 bridgehead atoms. The van der Waals surface area contributed by atoms with Gasteiger partial charge in [0.1, 0.15) is 11.2 Å². The zero-order valence-corrected chi connectivity index (χ0v) is 30.6. The van der Waals surface area contributed by atoms with Crippen molar-refractivity contribution in [1.82, 2.24) is 0 Å². The van der Waals surface area contributed by atoms with E-state index in [1.807, 2.05) is 23.5 Å². The molecule has 0 fully saturated rings. The van der Waals surface area contributed by atoms with Crippen molar-refractivity contribution in [3.05, 3.63) is 200 Å². The SMILES string of the molecule is c1ccc(-c2cccc3ccccc23)c(-c2ccccc2N(c2ccc3c(c2)oc2ccccc23)c2ccccc2-c2cccc3c2sc2ccccc23)c1. The Balaban J connectivity index is 1.18. The number of furan rings is 1. The molecule has 0 saturated carbocycles. The van der Waals surface area contributed by atoms with Gasteiger partial charge >= 0.3 is 0 Å². The Labute approximate surface area is 322 Å². The summed E-state index contributed by atoms with van der Waals surface area (Å²) in [5.41, 5.74) is 12.1. The van der Waals surface area contributed by atoms with Crippen LogP contribution in [-0.4, -0.2) is 0 Å². The van der Waals surface area contributed by atoms with Crippen LogP contribution >= 0.6 is 11.3 Å². The molecule has 2 heterocycles. The zero-order valence-electron chi connectivity index (χ0n) is 29.8. The van der Waals surface area contributed by atoms with Crippen LogP contribution in [-0.2, 0) is 0 Å². The van der Waals surface area contributed by atoms with Crippen molar-refractivity contribution in [1.29, 1.82) is 0 Å². The van der Waals surface area contributed by atoms with Gasteiger partial charge in [-0.1, -0.05) is 158 Å². The maximum absolute atomic E-state index is 6.53. The van der Waals surface area contributed by atoms with E-state index in [0.717, 1.165) is 44.6 Å². The van der Waals surface area contributed by atoms with E-state index in [4.69, 9.17) is 4.42 Å². The molecular weight excluding hydrogens is 687 g/mol. The van der Waals surface area contributed by atoms with Gasteiger partial charge in [0.05, 0.1) is 11.4 Å². The van der Waals surface area contributed by atoms with Crippen LogP contribution in [0.15, 0.2) is 205 Å². The molecule has 2 aromatic heterocycles. The molecule has 11 rings (SSSR count). The van der Waals surface area contributed by atoms with Gasteiger partial charge in [0.15, 0.2) is 0 Å². The molecule has 9 aromatic carbocycles. The molecule has 11 aromatic rings. The van der Waals surface area contributed by atoms with Gasteiger partial charge in [0, 0.05) is 59.4 Å². The Morgan fingerprint density at radius 3 is 1.69 bits per heavy atom. The highest BCUT2D eigenvalue weighted by molar-refractivity contribution is 7.26. The van der Waals surface area contributed by atoms with Gasteiger partial charge in [-0.3, -0.25) is 0 Å². The zero-order chi connectivity index (χ0) is 36.3. The number of hydrogen-bond donors (Lipinski definition) is 0. The van der Waals surface area contributed by atoms with Crippen LogP contribution in [0, 0.1) is 0 Å². The summed E-state index contributed by atoms with van der Waals surface area (Å²) in [7, 11) is 0. The Kier molecular flexibility index (Phi) is 7.39. The van der Waals surface area contributed by atoms with E-state index >= 15 is 0 Å². The summed E-state index contributed by atoms with van der Waals surface area (Å²) in [5, 5.41) is 7.28. The van der Waals surface area contributed by atoms with Gasteiger partial charge in [-0.15, -0.1) is 11.3 Å². The number of nitrogens with zero attached hydrogens (tertiary/aromatic N) is 1. The number of thiophene rings is 1. The Morgan fingerprint density at radius 1 is 0.345 bits per heavy atom. The summed E-state index contributed by atoms with van der Waals surface area (Å²) >= 11 is 1.87. The molecule has 0 aliphatic heterocycles. The molecule has 0 N–H and O–H groups in total. The van der Waals surface area contributed by atoms with Crippen molar-refractivity contribution in [3.8, 4) is 33.4 Å². The molecule has 0 aliphatic rings. The van der Waals surface area contributed by atoms with Crippen LogP contribution in [0.3, 0.4) is 0 Å². The molecule has 0 radical (unpaired) electrons. The number of anilines is 3. The molecule has 0 spiro atoms. The van der Waals surface area contributed by atoms with E-state index < -0.39 is 0 Å². The van der Waals surface area contributed by atoms with Gasteiger partial charge in [-0.05, 0) is 63.9 Å².